The Morgan fingerprint density at radius 2 is 1.83 bits per heavy atom. The summed E-state index contributed by atoms with van der Waals surface area (Å²) in [6, 6.07) is 9.38. The Morgan fingerprint density at radius 1 is 1.28 bits per heavy atom. The Hall–Kier alpha value is -1.61. The Kier molecular flexibility index (Phi) is 4.68. The SMILES string of the molecule is C[C@@H](O)/C(=C\c1ccccc1)C(=O)OC(C)(C)C. The molecule has 0 unspecified atom stereocenters. The van der Waals surface area contributed by atoms with Crippen molar-refractivity contribution < 1.29 is 14.6 Å². The number of esters is 1. The summed E-state index contributed by atoms with van der Waals surface area (Å²) in [5.41, 5.74) is 0.553. The fourth-order valence-corrected chi connectivity index (χ4v) is 1.42. The first-order valence-corrected chi connectivity index (χ1v) is 5.97. The molecule has 0 saturated heterocycles. The number of carbonyl (C=O) groups is 1. The van der Waals surface area contributed by atoms with Crippen molar-refractivity contribution in [3.8, 4) is 0 Å². The summed E-state index contributed by atoms with van der Waals surface area (Å²) in [4.78, 5) is 12.0. The summed E-state index contributed by atoms with van der Waals surface area (Å²) < 4.78 is 5.27. The third kappa shape index (κ3) is 4.72. The van der Waals surface area contributed by atoms with Gasteiger partial charge in [0.1, 0.15) is 5.60 Å². The zero-order valence-electron chi connectivity index (χ0n) is 11.3. The minimum atomic E-state index is -0.861. The molecule has 1 atom stereocenters. The van der Waals surface area contributed by atoms with Gasteiger partial charge in [-0.2, -0.15) is 0 Å². The number of aliphatic hydroxyl groups is 1. The van der Waals surface area contributed by atoms with Gasteiger partial charge in [0.05, 0.1) is 11.7 Å². The van der Waals surface area contributed by atoms with Gasteiger partial charge in [0, 0.05) is 0 Å². The molecule has 0 aliphatic rings. The highest BCUT2D eigenvalue weighted by Gasteiger charge is 2.22. The van der Waals surface area contributed by atoms with E-state index < -0.39 is 17.7 Å². The van der Waals surface area contributed by atoms with Crippen LogP contribution in [0.2, 0.25) is 0 Å². The average molecular weight is 248 g/mol. The molecule has 0 aliphatic carbocycles. The first-order chi connectivity index (χ1) is 8.29. The first-order valence-electron chi connectivity index (χ1n) is 5.97. The summed E-state index contributed by atoms with van der Waals surface area (Å²) in [5, 5.41) is 9.67. The summed E-state index contributed by atoms with van der Waals surface area (Å²) >= 11 is 0. The molecule has 0 aromatic heterocycles. The van der Waals surface area contributed by atoms with Gasteiger partial charge in [0.2, 0.25) is 0 Å². The molecule has 1 N–H and O–H groups in total. The molecule has 1 rings (SSSR count). The molecule has 3 nitrogen and oxygen atoms in total. The van der Waals surface area contributed by atoms with Gasteiger partial charge >= 0.3 is 5.97 Å². The van der Waals surface area contributed by atoms with Crippen LogP contribution in [0.3, 0.4) is 0 Å². The van der Waals surface area contributed by atoms with E-state index in [1.807, 2.05) is 30.3 Å². The highest BCUT2D eigenvalue weighted by atomic mass is 16.6. The van der Waals surface area contributed by atoms with Crippen molar-refractivity contribution in [3.63, 3.8) is 0 Å². The van der Waals surface area contributed by atoms with Gasteiger partial charge in [-0.1, -0.05) is 30.3 Å². The number of ether oxygens (including phenoxy) is 1. The molecule has 0 bridgehead atoms. The maximum Gasteiger partial charge on any atom is 0.337 e. The molecular weight excluding hydrogens is 228 g/mol. The van der Waals surface area contributed by atoms with Crippen molar-refractivity contribution in [2.45, 2.75) is 39.4 Å². The highest BCUT2D eigenvalue weighted by molar-refractivity contribution is 5.94. The van der Waals surface area contributed by atoms with Crippen molar-refractivity contribution in [1.29, 1.82) is 0 Å². The van der Waals surface area contributed by atoms with Gasteiger partial charge in [-0.25, -0.2) is 4.79 Å². The lowest BCUT2D eigenvalue weighted by Gasteiger charge is -2.21. The maximum atomic E-state index is 12.0. The maximum absolute atomic E-state index is 12.0. The molecule has 98 valence electrons. The van der Waals surface area contributed by atoms with Gasteiger partial charge in [-0.3, -0.25) is 0 Å². The van der Waals surface area contributed by atoms with E-state index >= 15 is 0 Å². The Morgan fingerprint density at radius 3 is 2.28 bits per heavy atom. The van der Waals surface area contributed by atoms with Crippen LogP contribution < -0.4 is 0 Å². The van der Waals surface area contributed by atoms with E-state index in [-0.39, 0.29) is 5.57 Å². The average Bonchev–Trinajstić information content (AvgIpc) is 2.24. The van der Waals surface area contributed by atoms with Crippen molar-refractivity contribution in [2.75, 3.05) is 0 Å². The van der Waals surface area contributed by atoms with Gasteiger partial charge in [0.15, 0.2) is 0 Å². The van der Waals surface area contributed by atoms with E-state index in [1.54, 1.807) is 33.8 Å². The lowest BCUT2D eigenvalue weighted by molar-refractivity contribution is -0.150. The topological polar surface area (TPSA) is 46.5 Å². The zero-order valence-corrected chi connectivity index (χ0v) is 11.3. The summed E-state index contributed by atoms with van der Waals surface area (Å²) in [6.07, 6.45) is 0.790. The Labute approximate surface area is 108 Å². The van der Waals surface area contributed by atoms with E-state index in [1.165, 1.54) is 0 Å². The lowest BCUT2D eigenvalue weighted by Crippen LogP contribution is -2.27. The summed E-state index contributed by atoms with van der Waals surface area (Å²) in [6.45, 7) is 6.95. The van der Waals surface area contributed by atoms with E-state index in [0.29, 0.717) is 0 Å². The van der Waals surface area contributed by atoms with Crippen LogP contribution in [0.15, 0.2) is 35.9 Å². The molecule has 1 aromatic rings. The number of aliphatic hydroxyl groups excluding tert-OH is 1. The molecule has 0 radical (unpaired) electrons. The van der Waals surface area contributed by atoms with Crippen LogP contribution in [0.4, 0.5) is 0 Å². The molecule has 0 heterocycles. The van der Waals surface area contributed by atoms with Crippen LogP contribution in [0.1, 0.15) is 33.3 Å². The number of hydrogen-bond acceptors (Lipinski definition) is 3. The normalized spacial score (nSPS) is 14.2. The first kappa shape index (κ1) is 14.5. The number of rotatable bonds is 3. The molecule has 0 fully saturated rings. The largest absolute Gasteiger partial charge is 0.457 e. The highest BCUT2D eigenvalue weighted by Crippen LogP contribution is 2.16. The van der Waals surface area contributed by atoms with Crippen LogP contribution >= 0.6 is 0 Å². The fourth-order valence-electron chi connectivity index (χ4n) is 1.42. The second kappa shape index (κ2) is 5.83. The van der Waals surface area contributed by atoms with Crippen LogP contribution in [-0.2, 0) is 9.53 Å². The van der Waals surface area contributed by atoms with Gasteiger partial charge in [-0.15, -0.1) is 0 Å². The van der Waals surface area contributed by atoms with Crippen molar-refractivity contribution in [1.82, 2.24) is 0 Å². The number of carbonyl (C=O) groups excluding carboxylic acids is 1. The quantitative estimate of drug-likeness (QED) is 0.661. The predicted octanol–water partition coefficient (Wildman–Crippen LogP) is 2.79. The third-order valence-corrected chi connectivity index (χ3v) is 2.21. The molecule has 0 amide bonds. The van der Waals surface area contributed by atoms with Crippen LogP contribution in [0, 0.1) is 0 Å². The summed E-state index contributed by atoms with van der Waals surface area (Å²) in [5.74, 6) is -0.485. The van der Waals surface area contributed by atoms with E-state index in [2.05, 4.69) is 0 Å². The third-order valence-electron chi connectivity index (χ3n) is 2.21. The second-order valence-electron chi connectivity index (χ2n) is 5.19. The smallest absolute Gasteiger partial charge is 0.337 e. The van der Waals surface area contributed by atoms with E-state index in [0.717, 1.165) is 5.56 Å². The zero-order chi connectivity index (χ0) is 13.8. The van der Waals surface area contributed by atoms with Crippen molar-refractivity contribution >= 4 is 12.0 Å². The van der Waals surface area contributed by atoms with E-state index in [9.17, 15) is 9.90 Å². The standard InChI is InChI=1S/C15H20O3/c1-11(16)13(14(17)18-15(2,3)4)10-12-8-6-5-7-9-12/h5-11,16H,1-4H3/b13-10+/t11-/m1/s1. The molecular formula is C15H20O3. The van der Waals surface area contributed by atoms with Crippen LogP contribution in [0.5, 0.6) is 0 Å². The minimum Gasteiger partial charge on any atom is -0.457 e. The van der Waals surface area contributed by atoms with Gasteiger partial charge in [-0.05, 0) is 39.3 Å². The molecule has 3 heteroatoms. The monoisotopic (exact) mass is 248 g/mol. The van der Waals surface area contributed by atoms with E-state index in [4.69, 9.17) is 4.74 Å². The second-order valence-corrected chi connectivity index (χ2v) is 5.19. The van der Waals surface area contributed by atoms with Gasteiger partial charge in [0.25, 0.3) is 0 Å². The Bertz CT molecular complexity index is 425. The molecule has 0 saturated carbocycles. The van der Waals surface area contributed by atoms with Gasteiger partial charge < -0.3 is 9.84 Å². The number of benzene rings is 1. The Balaban J connectivity index is 2.97. The predicted molar refractivity (Wildman–Crippen MR) is 71.9 cm³/mol. The summed E-state index contributed by atoms with van der Waals surface area (Å²) in [7, 11) is 0. The van der Waals surface area contributed by atoms with Crippen molar-refractivity contribution in [3.05, 3.63) is 41.5 Å². The minimum absolute atomic E-state index is 0.260. The molecule has 1 aromatic carbocycles. The number of hydrogen-bond donors (Lipinski definition) is 1. The van der Waals surface area contributed by atoms with Crippen LogP contribution in [0.25, 0.3) is 6.08 Å². The fraction of sp³-hybridized carbons (Fsp3) is 0.400. The van der Waals surface area contributed by atoms with Crippen LogP contribution in [-0.4, -0.2) is 22.8 Å². The lowest BCUT2D eigenvalue weighted by atomic mass is 10.1. The molecule has 0 spiro atoms. The molecule has 18 heavy (non-hydrogen) atoms. The van der Waals surface area contributed by atoms with Crippen molar-refractivity contribution in [2.24, 2.45) is 0 Å². The molecule has 0 aliphatic heterocycles.